The van der Waals surface area contributed by atoms with Crippen LogP contribution in [0.1, 0.15) is 36.8 Å². The van der Waals surface area contributed by atoms with Gasteiger partial charge in [-0.2, -0.15) is 5.10 Å². The average Bonchev–Trinajstić information content (AvgIpc) is 3.07. The third-order valence-corrected chi connectivity index (χ3v) is 4.15. The molecule has 1 N–H and O–H groups in total. The van der Waals surface area contributed by atoms with Gasteiger partial charge in [-0.3, -0.25) is 4.79 Å². The lowest BCUT2D eigenvalue weighted by Crippen LogP contribution is -2.15. The number of hydrogen-bond donors (Lipinski definition) is 1. The second kappa shape index (κ2) is 7.04. The molecule has 0 radical (unpaired) electrons. The van der Waals surface area contributed by atoms with Crippen LogP contribution in [-0.4, -0.2) is 22.8 Å². The quantitative estimate of drug-likeness (QED) is 0.758. The molecule has 0 atom stereocenters. The highest BCUT2D eigenvalue weighted by molar-refractivity contribution is 6.04. The molecular weight excluding hydrogens is 326 g/mol. The molecule has 2 aromatic carbocycles. The molecule has 3 aromatic rings. The van der Waals surface area contributed by atoms with Gasteiger partial charge in [0, 0.05) is 5.69 Å². The van der Waals surface area contributed by atoms with Gasteiger partial charge in [-0.1, -0.05) is 51.1 Å². The van der Waals surface area contributed by atoms with E-state index in [0.29, 0.717) is 5.75 Å². The minimum atomic E-state index is -0.306. The second-order valence-corrected chi connectivity index (χ2v) is 7.11. The Hall–Kier alpha value is -3.08. The fourth-order valence-corrected chi connectivity index (χ4v) is 2.62. The van der Waals surface area contributed by atoms with Crippen LogP contribution in [-0.2, 0) is 5.41 Å². The number of aromatic nitrogens is 2. The molecule has 1 amide bonds. The SMILES string of the molecule is COc1cn(-c2ccccc2)nc1C(=O)Nc1ccc(C(C)(C)C)cc1. The zero-order valence-electron chi connectivity index (χ0n) is 15.5. The van der Waals surface area contributed by atoms with E-state index in [9.17, 15) is 4.79 Å². The number of nitrogens with zero attached hydrogens (tertiary/aromatic N) is 2. The predicted molar refractivity (Wildman–Crippen MR) is 103 cm³/mol. The predicted octanol–water partition coefficient (Wildman–Crippen LogP) is 4.43. The van der Waals surface area contributed by atoms with Crippen LogP contribution in [0, 0.1) is 0 Å². The van der Waals surface area contributed by atoms with Gasteiger partial charge in [-0.25, -0.2) is 4.68 Å². The van der Waals surface area contributed by atoms with E-state index >= 15 is 0 Å². The highest BCUT2D eigenvalue weighted by Gasteiger charge is 2.19. The molecule has 3 rings (SSSR count). The summed E-state index contributed by atoms with van der Waals surface area (Å²) in [5, 5.41) is 7.27. The van der Waals surface area contributed by atoms with Gasteiger partial charge in [0.15, 0.2) is 11.4 Å². The summed E-state index contributed by atoms with van der Waals surface area (Å²) in [4.78, 5) is 12.7. The third-order valence-electron chi connectivity index (χ3n) is 4.15. The van der Waals surface area contributed by atoms with E-state index in [4.69, 9.17) is 4.74 Å². The molecule has 1 heterocycles. The smallest absolute Gasteiger partial charge is 0.280 e. The fraction of sp³-hybridized carbons (Fsp3) is 0.238. The van der Waals surface area contributed by atoms with Crippen LogP contribution in [0.3, 0.4) is 0 Å². The molecule has 0 aliphatic carbocycles. The lowest BCUT2D eigenvalue weighted by Gasteiger charge is -2.19. The van der Waals surface area contributed by atoms with Crippen LogP contribution in [0.4, 0.5) is 5.69 Å². The maximum Gasteiger partial charge on any atom is 0.280 e. The summed E-state index contributed by atoms with van der Waals surface area (Å²) < 4.78 is 6.96. The van der Waals surface area contributed by atoms with Crippen molar-refractivity contribution in [2.75, 3.05) is 12.4 Å². The van der Waals surface area contributed by atoms with Gasteiger partial charge < -0.3 is 10.1 Å². The van der Waals surface area contributed by atoms with Crippen molar-refractivity contribution in [2.45, 2.75) is 26.2 Å². The topological polar surface area (TPSA) is 56.2 Å². The second-order valence-electron chi connectivity index (χ2n) is 7.11. The van der Waals surface area contributed by atoms with Crippen LogP contribution in [0.25, 0.3) is 5.69 Å². The van der Waals surface area contributed by atoms with Gasteiger partial charge in [0.25, 0.3) is 5.91 Å². The first-order valence-electron chi connectivity index (χ1n) is 8.49. The van der Waals surface area contributed by atoms with E-state index in [1.165, 1.54) is 12.7 Å². The van der Waals surface area contributed by atoms with Crippen molar-refractivity contribution >= 4 is 11.6 Å². The molecule has 1 aromatic heterocycles. The Morgan fingerprint density at radius 1 is 1.04 bits per heavy atom. The van der Waals surface area contributed by atoms with Gasteiger partial charge in [-0.15, -0.1) is 0 Å². The zero-order chi connectivity index (χ0) is 18.7. The summed E-state index contributed by atoms with van der Waals surface area (Å²) in [6.45, 7) is 6.46. The summed E-state index contributed by atoms with van der Waals surface area (Å²) in [5.74, 6) is 0.123. The Bertz CT molecular complexity index is 891. The zero-order valence-corrected chi connectivity index (χ0v) is 15.5. The van der Waals surface area contributed by atoms with Crippen molar-refractivity contribution in [3.8, 4) is 11.4 Å². The van der Waals surface area contributed by atoms with Crippen molar-refractivity contribution in [1.29, 1.82) is 0 Å². The van der Waals surface area contributed by atoms with Crippen LogP contribution < -0.4 is 10.1 Å². The van der Waals surface area contributed by atoms with Crippen molar-refractivity contribution < 1.29 is 9.53 Å². The number of para-hydroxylation sites is 1. The molecule has 134 valence electrons. The van der Waals surface area contributed by atoms with E-state index in [-0.39, 0.29) is 17.0 Å². The molecule has 0 spiro atoms. The molecule has 5 nitrogen and oxygen atoms in total. The minimum Gasteiger partial charge on any atom is -0.493 e. The lowest BCUT2D eigenvalue weighted by molar-refractivity contribution is 0.101. The first-order chi connectivity index (χ1) is 12.4. The van der Waals surface area contributed by atoms with E-state index < -0.39 is 0 Å². The molecule has 0 saturated carbocycles. The number of carbonyl (C=O) groups is 1. The summed E-state index contributed by atoms with van der Waals surface area (Å²) >= 11 is 0. The Balaban J connectivity index is 1.82. The number of hydrogen-bond acceptors (Lipinski definition) is 3. The van der Waals surface area contributed by atoms with E-state index in [1.54, 1.807) is 10.9 Å². The minimum absolute atomic E-state index is 0.0697. The largest absolute Gasteiger partial charge is 0.493 e. The molecule has 0 aliphatic heterocycles. The van der Waals surface area contributed by atoms with E-state index in [0.717, 1.165) is 11.4 Å². The maximum atomic E-state index is 12.7. The summed E-state index contributed by atoms with van der Waals surface area (Å²) in [6.07, 6.45) is 1.70. The standard InChI is InChI=1S/C21H23N3O2/c1-21(2,3)15-10-12-16(13-11-15)22-20(25)19-18(26-4)14-24(23-19)17-8-6-5-7-9-17/h5-14H,1-4H3,(H,22,25). The molecular formula is C21H23N3O2. The van der Waals surface area contributed by atoms with Gasteiger partial charge >= 0.3 is 0 Å². The number of anilines is 1. The number of ether oxygens (including phenoxy) is 1. The monoisotopic (exact) mass is 349 g/mol. The summed E-state index contributed by atoms with van der Waals surface area (Å²) in [7, 11) is 1.53. The Labute approximate surface area is 153 Å². The number of amides is 1. The fourth-order valence-electron chi connectivity index (χ4n) is 2.62. The lowest BCUT2D eigenvalue weighted by atomic mass is 9.87. The molecule has 26 heavy (non-hydrogen) atoms. The maximum absolute atomic E-state index is 12.7. The Morgan fingerprint density at radius 2 is 1.69 bits per heavy atom. The van der Waals surface area contributed by atoms with Crippen LogP contribution >= 0.6 is 0 Å². The van der Waals surface area contributed by atoms with Crippen LogP contribution in [0.5, 0.6) is 5.75 Å². The number of nitrogens with one attached hydrogen (secondary N) is 1. The van der Waals surface area contributed by atoms with Crippen LogP contribution in [0.2, 0.25) is 0 Å². The Kier molecular flexibility index (Phi) is 4.80. The first kappa shape index (κ1) is 17.7. The van der Waals surface area contributed by atoms with Crippen molar-refractivity contribution in [3.05, 3.63) is 72.1 Å². The van der Waals surface area contributed by atoms with E-state index in [2.05, 4.69) is 31.2 Å². The summed E-state index contributed by atoms with van der Waals surface area (Å²) in [5.41, 5.74) is 3.11. The first-order valence-corrected chi connectivity index (χ1v) is 8.49. The molecule has 5 heteroatoms. The average molecular weight is 349 g/mol. The highest BCUT2D eigenvalue weighted by Crippen LogP contribution is 2.25. The molecule has 0 bridgehead atoms. The van der Waals surface area contributed by atoms with Crippen molar-refractivity contribution in [2.24, 2.45) is 0 Å². The number of benzene rings is 2. The molecule has 0 aliphatic rings. The normalized spacial score (nSPS) is 11.2. The van der Waals surface area contributed by atoms with Crippen LogP contribution in [0.15, 0.2) is 60.8 Å². The van der Waals surface area contributed by atoms with Gasteiger partial charge in [0.05, 0.1) is 19.0 Å². The van der Waals surface area contributed by atoms with Gasteiger partial charge in [0.1, 0.15) is 0 Å². The number of methoxy groups -OCH3 is 1. The highest BCUT2D eigenvalue weighted by atomic mass is 16.5. The molecule has 0 saturated heterocycles. The van der Waals surface area contributed by atoms with Crippen molar-refractivity contribution in [3.63, 3.8) is 0 Å². The number of rotatable bonds is 4. The van der Waals surface area contributed by atoms with Crippen molar-refractivity contribution in [1.82, 2.24) is 9.78 Å². The van der Waals surface area contributed by atoms with E-state index in [1.807, 2.05) is 54.6 Å². The van der Waals surface area contributed by atoms with Gasteiger partial charge in [-0.05, 0) is 35.2 Å². The third kappa shape index (κ3) is 3.77. The molecule has 0 unspecified atom stereocenters. The molecule has 0 fully saturated rings. The van der Waals surface area contributed by atoms with Gasteiger partial charge in [0.2, 0.25) is 0 Å². The Morgan fingerprint density at radius 3 is 2.27 bits per heavy atom. The number of carbonyl (C=O) groups excluding carboxylic acids is 1. The summed E-state index contributed by atoms with van der Waals surface area (Å²) in [6, 6.07) is 17.4.